The van der Waals surface area contributed by atoms with Gasteiger partial charge in [0.25, 0.3) is 0 Å². The predicted molar refractivity (Wildman–Crippen MR) is 77.3 cm³/mol. The van der Waals surface area contributed by atoms with Gasteiger partial charge in [-0.05, 0) is 25.0 Å². The van der Waals surface area contributed by atoms with Crippen molar-refractivity contribution in [3.05, 3.63) is 21.3 Å². The van der Waals surface area contributed by atoms with E-state index in [1.54, 1.807) is 4.90 Å². The zero-order valence-electron chi connectivity index (χ0n) is 11.0. The van der Waals surface area contributed by atoms with Crippen molar-refractivity contribution in [2.45, 2.75) is 19.4 Å². The number of ether oxygens (including phenoxy) is 1. The van der Waals surface area contributed by atoms with Crippen LogP contribution < -0.4 is 5.73 Å². The number of hydrogen-bond donors (Lipinski definition) is 1. The Labute approximate surface area is 122 Å². The van der Waals surface area contributed by atoms with Gasteiger partial charge in [-0.3, -0.25) is 4.79 Å². The molecule has 0 radical (unpaired) electrons. The summed E-state index contributed by atoms with van der Waals surface area (Å²) in [6.07, 6.45) is 1.41. The van der Waals surface area contributed by atoms with E-state index in [-0.39, 0.29) is 5.91 Å². The highest BCUT2D eigenvalue weighted by molar-refractivity contribution is 7.16. The van der Waals surface area contributed by atoms with E-state index in [4.69, 9.17) is 22.1 Å². The molecule has 0 saturated carbocycles. The quantitative estimate of drug-likeness (QED) is 0.927. The normalized spacial score (nSPS) is 18.3. The third kappa shape index (κ3) is 3.28. The van der Waals surface area contributed by atoms with Crippen LogP contribution in [0.4, 0.5) is 0 Å². The molecule has 1 aliphatic heterocycles. The number of rotatable bonds is 4. The largest absolute Gasteiger partial charge is 0.381 e. The average molecular weight is 303 g/mol. The third-order valence-electron chi connectivity index (χ3n) is 3.66. The third-order valence-corrected chi connectivity index (χ3v) is 4.88. The van der Waals surface area contributed by atoms with E-state index in [9.17, 15) is 4.79 Å². The smallest absolute Gasteiger partial charge is 0.230 e. The second kappa shape index (κ2) is 6.22. The van der Waals surface area contributed by atoms with Gasteiger partial charge in [0.05, 0.1) is 16.3 Å². The minimum Gasteiger partial charge on any atom is -0.381 e. The summed E-state index contributed by atoms with van der Waals surface area (Å²) in [6.45, 7) is 2.19. The van der Waals surface area contributed by atoms with Gasteiger partial charge < -0.3 is 15.4 Å². The van der Waals surface area contributed by atoms with E-state index in [0.29, 0.717) is 39.1 Å². The molecule has 2 heterocycles. The number of carbonyl (C=O) groups is 1. The maximum atomic E-state index is 12.6. The standard InChI is InChI=1S/C13H19ClN2O2S/c1-16(8-10-2-3-11(14)19-10)12(17)13(9-15)4-6-18-7-5-13/h2-3H,4-9,15H2,1H3. The molecule has 0 spiro atoms. The molecular formula is C13H19ClN2O2S. The summed E-state index contributed by atoms with van der Waals surface area (Å²) in [5, 5.41) is 0. The van der Waals surface area contributed by atoms with Crippen LogP contribution in [0.25, 0.3) is 0 Å². The maximum absolute atomic E-state index is 12.6. The molecule has 0 aromatic carbocycles. The van der Waals surface area contributed by atoms with E-state index in [0.717, 1.165) is 9.21 Å². The summed E-state index contributed by atoms with van der Waals surface area (Å²) in [6, 6.07) is 3.81. The number of hydrogen-bond acceptors (Lipinski definition) is 4. The Morgan fingerprint density at radius 1 is 1.53 bits per heavy atom. The minimum absolute atomic E-state index is 0.114. The summed E-state index contributed by atoms with van der Waals surface area (Å²) in [5.41, 5.74) is 5.40. The lowest BCUT2D eigenvalue weighted by Gasteiger charge is -2.37. The van der Waals surface area contributed by atoms with E-state index < -0.39 is 5.41 Å². The van der Waals surface area contributed by atoms with Gasteiger partial charge in [0.15, 0.2) is 0 Å². The van der Waals surface area contributed by atoms with Crippen LogP contribution in [0, 0.1) is 5.41 Å². The van der Waals surface area contributed by atoms with E-state index >= 15 is 0 Å². The van der Waals surface area contributed by atoms with E-state index in [1.165, 1.54) is 11.3 Å². The Morgan fingerprint density at radius 3 is 2.74 bits per heavy atom. The molecule has 1 aromatic rings. The highest BCUT2D eigenvalue weighted by Crippen LogP contribution is 2.32. The van der Waals surface area contributed by atoms with Gasteiger partial charge in [0.1, 0.15) is 0 Å². The molecule has 2 rings (SSSR count). The topological polar surface area (TPSA) is 55.6 Å². The van der Waals surface area contributed by atoms with Gasteiger partial charge in [-0.1, -0.05) is 11.6 Å². The molecule has 0 atom stereocenters. The van der Waals surface area contributed by atoms with Crippen molar-refractivity contribution in [3.63, 3.8) is 0 Å². The highest BCUT2D eigenvalue weighted by Gasteiger charge is 2.40. The zero-order chi connectivity index (χ0) is 13.9. The SMILES string of the molecule is CN(Cc1ccc(Cl)s1)C(=O)C1(CN)CCOCC1. The molecule has 1 aliphatic rings. The Bertz CT molecular complexity index is 444. The summed E-state index contributed by atoms with van der Waals surface area (Å²) >= 11 is 7.41. The fourth-order valence-corrected chi connectivity index (χ4v) is 3.56. The summed E-state index contributed by atoms with van der Waals surface area (Å²) < 4.78 is 6.08. The molecule has 1 fully saturated rings. The Balaban J connectivity index is 2.04. The number of nitrogens with two attached hydrogens (primary N) is 1. The molecule has 0 bridgehead atoms. The molecule has 106 valence electrons. The van der Waals surface area contributed by atoms with Gasteiger partial charge in [-0.2, -0.15) is 0 Å². The van der Waals surface area contributed by atoms with Crippen LogP contribution in [0.3, 0.4) is 0 Å². The number of thiophene rings is 1. The molecule has 2 N–H and O–H groups in total. The van der Waals surface area contributed by atoms with Gasteiger partial charge in [0, 0.05) is 31.7 Å². The van der Waals surface area contributed by atoms with Crippen LogP contribution >= 0.6 is 22.9 Å². The molecule has 4 nitrogen and oxygen atoms in total. The highest BCUT2D eigenvalue weighted by atomic mass is 35.5. The Morgan fingerprint density at radius 2 is 2.21 bits per heavy atom. The van der Waals surface area contributed by atoms with Gasteiger partial charge in [0.2, 0.25) is 5.91 Å². The summed E-state index contributed by atoms with van der Waals surface area (Å²) in [4.78, 5) is 15.5. The van der Waals surface area contributed by atoms with E-state index in [2.05, 4.69) is 0 Å². The molecular weight excluding hydrogens is 284 g/mol. The van der Waals surface area contributed by atoms with Crippen LogP contribution in [-0.2, 0) is 16.1 Å². The Kier molecular flexibility index (Phi) is 4.84. The molecule has 0 unspecified atom stereocenters. The molecule has 1 saturated heterocycles. The number of nitrogens with zero attached hydrogens (tertiary/aromatic N) is 1. The van der Waals surface area contributed by atoms with Crippen molar-refractivity contribution < 1.29 is 9.53 Å². The molecule has 1 amide bonds. The summed E-state index contributed by atoms with van der Waals surface area (Å²) in [7, 11) is 1.82. The fourth-order valence-electron chi connectivity index (χ4n) is 2.41. The van der Waals surface area contributed by atoms with E-state index in [1.807, 2.05) is 19.2 Å². The number of carbonyl (C=O) groups excluding carboxylic acids is 1. The second-order valence-corrected chi connectivity index (χ2v) is 6.76. The lowest BCUT2D eigenvalue weighted by molar-refractivity contribution is -0.146. The van der Waals surface area contributed by atoms with Crippen molar-refractivity contribution in [1.82, 2.24) is 4.90 Å². The average Bonchev–Trinajstić information content (AvgIpc) is 2.84. The van der Waals surface area contributed by atoms with Crippen LogP contribution in [0.15, 0.2) is 12.1 Å². The lowest BCUT2D eigenvalue weighted by atomic mass is 9.79. The second-order valence-electron chi connectivity index (χ2n) is 4.96. The van der Waals surface area contributed by atoms with Crippen molar-refractivity contribution in [2.24, 2.45) is 11.1 Å². The van der Waals surface area contributed by atoms with Gasteiger partial charge >= 0.3 is 0 Å². The first-order valence-corrected chi connectivity index (χ1v) is 7.54. The number of halogens is 1. The van der Waals surface area contributed by atoms with Crippen LogP contribution in [0.2, 0.25) is 4.34 Å². The number of amides is 1. The lowest BCUT2D eigenvalue weighted by Crippen LogP contribution is -2.49. The van der Waals surface area contributed by atoms with Crippen molar-refractivity contribution in [1.29, 1.82) is 0 Å². The molecule has 0 aliphatic carbocycles. The van der Waals surface area contributed by atoms with Crippen LogP contribution in [0.5, 0.6) is 0 Å². The minimum atomic E-state index is -0.450. The first-order valence-electron chi connectivity index (χ1n) is 6.35. The van der Waals surface area contributed by atoms with Gasteiger partial charge in [-0.25, -0.2) is 0 Å². The molecule has 6 heteroatoms. The zero-order valence-corrected chi connectivity index (χ0v) is 12.6. The monoisotopic (exact) mass is 302 g/mol. The molecule has 1 aromatic heterocycles. The van der Waals surface area contributed by atoms with Crippen LogP contribution in [-0.4, -0.2) is 37.6 Å². The van der Waals surface area contributed by atoms with Crippen molar-refractivity contribution >= 4 is 28.8 Å². The van der Waals surface area contributed by atoms with Gasteiger partial charge in [-0.15, -0.1) is 11.3 Å². The summed E-state index contributed by atoms with van der Waals surface area (Å²) in [5.74, 6) is 0.114. The van der Waals surface area contributed by atoms with Crippen LogP contribution in [0.1, 0.15) is 17.7 Å². The Hall–Kier alpha value is -0.620. The van der Waals surface area contributed by atoms with Crippen molar-refractivity contribution in [2.75, 3.05) is 26.8 Å². The molecule has 19 heavy (non-hydrogen) atoms. The fraction of sp³-hybridized carbons (Fsp3) is 0.615. The predicted octanol–water partition coefficient (Wildman–Crippen LogP) is 2.12. The van der Waals surface area contributed by atoms with Crippen molar-refractivity contribution in [3.8, 4) is 0 Å². The first kappa shape index (κ1) is 14.8. The first-order chi connectivity index (χ1) is 9.07. The maximum Gasteiger partial charge on any atom is 0.230 e.